The lowest BCUT2D eigenvalue weighted by Gasteiger charge is -2.29. The van der Waals surface area contributed by atoms with Gasteiger partial charge in [0.15, 0.2) is 17.5 Å². The van der Waals surface area contributed by atoms with E-state index in [4.69, 9.17) is 13.8 Å². The quantitative estimate of drug-likeness (QED) is 0.119. The van der Waals surface area contributed by atoms with Crippen molar-refractivity contribution in [3.8, 4) is 0 Å². The van der Waals surface area contributed by atoms with Crippen LogP contribution in [-0.2, 0) is 37.2 Å². The minimum atomic E-state index is -0.391. The zero-order chi connectivity index (χ0) is 91.0. The van der Waals surface area contributed by atoms with E-state index in [2.05, 4.69) is 332 Å². The van der Waals surface area contributed by atoms with Gasteiger partial charge in [-0.1, -0.05) is 315 Å². The molecule has 0 spiro atoms. The Labute approximate surface area is 746 Å². The van der Waals surface area contributed by atoms with Crippen molar-refractivity contribution in [3.63, 3.8) is 0 Å². The van der Waals surface area contributed by atoms with E-state index in [9.17, 15) is 4.39 Å². The predicted molar refractivity (Wildman–Crippen MR) is 513 cm³/mol. The molecule has 7 aliphatic carbocycles. The number of aryl methyl sites for hydroxylation is 1. The van der Waals surface area contributed by atoms with Crippen molar-refractivity contribution in [2.45, 2.75) is 452 Å². The third-order valence-electron chi connectivity index (χ3n) is 24.1. The van der Waals surface area contributed by atoms with Gasteiger partial charge in [-0.15, -0.1) is 0 Å². The van der Waals surface area contributed by atoms with Gasteiger partial charge >= 0.3 is 0 Å². The van der Waals surface area contributed by atoms with Crippen molar-refractivity contribution in [2.24, 2.45) is 73.9 Å². The number of hydrogen-bond donors (Lipinski definition) is 0. The first kappa shape index (κ1) is 115. The summed E-state index contributed by atoms with van der Waals surface area (Å²) < 4.78 is 28.8. The van der Waals surface area contributed by atoms with E-state index in [0.717, 1.165) is 110 Å². The minimum absolute atomic E-state index is 0. The van der Waals surface area contributed by atoms with E-state index < -0.39 is 5.82 Å². The van der Waals surface area contributed by atoms with Crippen LogP contribution in [0.4, 0.5) is 4.39 Å². The minimum Gasteiger partial charge on any atom is -0.384 e. The molecule has 1 atom stereocenters. The number of rotatable bonds is 11. The number of nitrogens with zero attached hydrogens (tertiary/aromatic N) is 12. The molecule has 0 aliphatic heterocycles. The maximum Gasteiger partial charge on any atom is 0.232 e. The fourth-order valence-electron chi connectivity index (χ4n) is 11.6. The summed E-state index contributed by atoms with van der Waals surface area (Å²) >= 11 is 3.29. The molecule has 15 nitrogen and oxygen atoms in total. The van der Waals surface area contributed by atoms with E-state index in [0.29, 0.717) is 45.2 Å². The summed E-state index contributed by atoms with van der Waals surface area (Å²) in [5, 5.41) is 7.85. The van der Waals surface area contributed by atoms with Crippen LogP contribution >= 0.6 is 15.9 Å². The fraction of sp³-hybridized carbons (Fsp3) is 0.806. The third-order valence-corrected chi connectivity index (χ3v) is 24.5. The van der Waals surface area contributed by atoms with Gasteiger partial charge in [0.25, 0.3) is 0 Å². The molecule has 120 heavy (non-hydrogen) atoms. The molecule has 7 fully saturated rings. The normalized spacial score (nSPS) is 16.9. The molecule has 6 aromatic rings. The Morgan fingerprint density at radius 3 is 1.03 bits per heavy atom. The standard InChI is InChI=1S/C11H16N2.C9H14N2O.C9H16N2O.C9H14N2.C9H18O.C9H18.C8H11BrN2.C8H11FN2.C8H16.2C7H14.C7H16.2CH4/c1-11(2,3)10-12-6-9(7-13-10)8-4-5-8;1-9(2,3)8-10-7(11-12-8)6-4-5-6;1-6(2)7-10-8(12-11-7)9(3,4)5;1-7-5-10-8(11-6-7)9(2,3)4;1-8(2,3)9(5-6-9)7-10-4;1-5-9(6-7-9)8(2,3)4;2*1-8(2,3)7-10-4-6(9)5-11-7;1-6(2)7(3)8-4-5-8;1-6(2)7(3)4-5-7;1-6(2)5-7-3-4-7;1-6(2)7(3,4)5;;/h6-8H,4-5H2,1-3H3;6H,4-5H2,1-3H3;6H,1-5H3;5-6H,1-4H3;5-7H2,1-4H3;5-7H2,1-4H3;2*4-5H,1-3H3;6-8H,4-5H2,1-3H3;6H,4-5H2,1-3H3;6-7H,3-5H2,1-2H3;6H,1-5H3;2*1H4. The molecule has 0 saturated heterocycles. The highest BCUT2D eigenvalue weighted by Gasteiger charge is 2.52. The van der Waals surface area contributed by atoms with Crippen LogP contribution in [-0.4, -0.2) is 73.9 Å². The van der Waals surface area contributed by atoms with Crippen LogP contribution in [0.5, 0.6) is 0 Å². The van der Waals surface area contributed by atoms with E-state index in [1.165, 1.54) is 121 Å². The molecule has 690 valence electrons. The van der Waals surface area contributed by atoms with Crippen LogP contribution in [0.2, 0.25) is 0 Å². The van der Waals surface area contributed by atoms with E-state index in [1.807, 2.05) is 52.5 Å². The Kier molecular flexibility index (Phi) is 46.6. The zero-order valence-corrected chi connectivity index (χ0v) is 85.3. The largest absolute Gasteiger partial charge is 0.384 e. The van der Waals surface area contributed by atoms with Gasteiger partial charge in [0, 0.05) is 88.6 Å². The average molecular weight is 1740 g/mol. The van der Waals surface area contributed by atoms with Gasteiger partial charge in [-0.3, -0.25) is 0 Å². The van der Waals surface area contributed by atoms with Crippen molar-refractivity contribution in [1.29, 1.82) is 0 Å². The topological polar surface area (TPSA) is 190 Å². The maximum atomic E-state index is 12.3. The first-order chi connectivity index (χ1) is 53.7. The molecule has 13 rings (SSSR count). The average Bonchev–Trinajstić information content (AvgIpc) is 1.62. The second-order valence-corrected chi connectivity index (χ2v) is 47.6. The first-order valence-corrected chi connectivity index (χ1v) is 46.2. The number of methoxy groups -OCH3 is 1. The van der Waals surface area contributed by atoms with Gasteiger partial charge in [0.2, 0.25) is 11.8 Å². The second-order valence-electron chi connectivity index (χ2n) is 46.7. The Bertz CT molecular complexity index is 3500. The number of ether oxygens (including phenoxy) is 1. The number of hydrogen-bond acceptors (Lipinski definition) is 15. The highest BCUT2D eigenvalue weighted by molar-refractivity contribution is 9.10. The lowest BCUT2D eigenvalue weighted by atomic mass is 9.76. The van der Waals surface area contributed by atoms with Crippen molar-refractivity contribution in [2.75, 3.05) is 13.7 Å². The van der Waals surface area contributed by atoms with Crippen LogP contribution in [0, 0.1) is 86.7 Å². The lowest BCUT2D eigenvalue weighted by Crippen LogP contribution is -2.26. The van der Waals surface area contributed by atoms with E-state index in [1.54, 1.807) is 19.5 Å². The molecule has 0 radical (unpaired) electrons. The predicted octanol–water partition coefficient (Wildman–Crippen LogP) is 31.1. The Morgan fingerprint density at radius 2 is 0.825 bits per heavy atom. The zero-order valence-electron chi connectivity index (χ0n) is 83.8. The summed E-state index contributed by atoms with van der Waals surface area (Å²) in [4.78, 5) is 42.1. The molecular formula is C103H186BrFN12O3. The summed E-state index contributed by atoms with van der Waals surface area (Å²) in [6.07, 6.45) is 36.1. The smallest absolute Gasteiger partial charge is 0.232 e. The molecule has 7 saturated carbocycles. The van der Waals surface area contributed by atoms with E-state index in [-0.39, 0.29) is 47.3 Å². The van der Waals surface area contributed by atoms with Gasteiger partial charge in [0.05, 0.1) is 23.5 Å². The van der Waals surface area contributed by atoms with Gasteiger partial charge < -0.3 is 13.8 Å². The Hall–Kier alpha value is -5.03. The Morgan fingerprint density at radius 1 is 0.467 bits per heavy atom. The summed E-state index contributed by atoms with van der Waals surface area (Å²) in [6, 6.07) is 0. The molecule has 0 aromatic carbocycles. The van der Waals surface area contributed by atoms with Crippen molar-refractivity contribution < 1.29 is 18.2 Å². The van der Waals surface area contributed by atoms with Gasteiger partial charge in [-0.25, -0.2) is 44.3 Å². The van der Waals surface area contributed by atoms with Gasteiger partial charge in [-0.2, -0.15) is 9.97 Å². The van der Waals surface area contributed by atoms with Crippen molar-refractivity contribution in [1.82, 2.24) is 60.2 Å². The molecule has 17 heteroatoms. The van der Waals surface area contributed by atoms with Crippen molar-refractivity contribution >= 4 is 15.9 Å². The van der Waals surface area contributed by atoms with Crippen LogP contribution in [0.15, 0.2) is 63.1 Å². The van der Waals surface area contributed by atoms with E-state index >= 15 is 0 Å². The SMILES string of the molecule is C.C.CC(C)(C)c1nc(C2CC2)no1.CC(C)(C)c1ncc(Br)cn1.CC(C)(C)c1ncc(C2CC2)cn1.CC(C)(C)c1ncc(F)cn1.CC(C)C(C)(C)C.CC(C)C(C)C1CC1.CC(C)C1(C)CC1.CC(C)CC1CC1.CC(C)c1noc(C(C)(C)C)n1.CCC1(C(C)(C)C)CC1.COCC1(C(C)(C)C)CC1.Cc1cnc(C(C)(C)C)nc1. The Balaban J connectivity index is 0.00000129. The van der Waals surface area contributed by atoms with Crippen LogP contribution in [0.1, 0.15) is 470 Å². The van der Waals surface area contributed by atoms with Crippen molar-refractivity contribution in [3.05, 3.63) is 118 Å². The molecule has 0 bridgehead atoms. The summed E-state index contributed by atoms with van der Waals surface area (Å²) in [6.45, 7) is 90.7. The maximum absolute atomic E-state index is 12.3. The van der Waals surface area contributed by atoms with Gasteiger partial charge in [-0.05, 0) is 204 Å². The first-order valence-electron chi connectivity index (χ1n) is 45.4. The molecular weight excluding hydrogens is 1550 g/mol. The summed E-state index contributed by atoms with van der Waals surface area (Å²) in [5.74, 6) is 14.6. The summed E-state index contributed by atoms with van der Waals surface area (Å²) in [7, 11) is 1.80. The van der Waals surface area contributed by atoms with Gasteiger partial charge in [0.1, 0.15) is 23.3 Å². The van der Waals surface area contributed by atoms with Crippen LogP contribution < -0.4 is 0 Å². The number of aromatic nitrogens is 12. The molecule has 0 amide bonds. The molecule has 1 unspecified atom stereocenters. The highest BCUT2D eigenvalue weighted by atomic mass is 79.9. The number of halogens is 2. The molecule has 6 aromatic heterocycles. The highest BCUT2D eigenvalue weighted by Crippen LogP contribution is 2.61. The second kappa shape index (κ2) is 48.6. The molecule has 6 heterocycles. The fourth-order valence-corrected chi connectivity index (χ4v) is 11.8. The van der Waals surface area contributed by atoms with Crippen LogP contribution in [0.25, 0.3) is 0 Å². The molecule has 7 aliphatic rings. The molecule has 0 N–H and O–H groups in total. The lowest BCUT2D eigenvalue weighted by molar-refractivity contribution is 0.0724. The summed E-state index contributed by atoms with van der Waals surface area (Å²) in [5.41, 5.74) is 5.93. The monoisotopic (exact) mass is 1740 g/mol. The third kappa shape index (κ3) is 45.2. The van der Waals surface area contributed by atoms with Crippen LogP contribution in [0.3, 0.4) is 0 Å².